The van der Waals surface area contributed by atoms with E-state index in [1.54, 1.807) is 23.8 Å². The van der Waals surface area contributed by atoms with Crippen molar-refractivity contribution in [2.45, 2.75) is 44.7 Å². The Kier molecular flexibility index (Phi) is 5.46. The van der Waals surface area contributed by atoms with Gasteiger partial charge in [-0.3, -0.25) is 9.59 Å². The van der Waals surface area contributed by atoms with Crippen LogP contribution in [-0.4, -0.2) is 50.3 Å². The van der Waals surface area contributed by atoms with E-state index in [2.05, 4.69) is 32.4 Å². The molecule has 8 heteroatoms. The number of fused-ring (bicyclic) bond motifs is 2. The molecule has 3 atom stereocenters. The van der Waals surface area contributed by atoms with Crippen LogP contribution in [0.25, 0.3) is 10.8 Å². The first kappa shape index (κ1) is 20.8. The quantitative estimate of drug-likeness (QED) is 0.626. The molecule has 32 heavy (non-hydrogen) atoms. The van der Waals surface area contributed by atoms with Gasteiger partial charge in [0.05, 0.1) is 5.41 Å². The maximum atomic E-state index is 13.6. The normalized spacial score (nSPS) is 24.0. The van der Waals surface area contributed by atoms with E-state index in [9.17, 15) is 9.59 Å². The molecule has 1 N–H and O–H groups in total. The lowest BCUT2D eigenvalue weighted by Gasteiger charge is -2.36. The Hall–Kier alpha value is -3.13. The van der Waals surface area contributed by atoms with Crippen LogP contribution in [0.5, 0.6) is 0 Å². The molecule has 2 amide bonds. The van der Waals surface area contributed by atoms with Crippen LogP contribution >= 0.6 is 11.3 Å². The number of amides is 2. The molecule has 0 radical (unpaired) electrons. The Bertz CT molecular complexity index is 1120. The topological polar surface area (TPSA) is 88.1 Å². The second-order valence-electron chi connectivity index (χ2n) is 8.45. The van der Waals surface area contributed by atoms with Crippen LogP contribution in [-0.2, 0) is 11.2 Å². The first-order valence-electron chi connectivity index (χ1n) is 11.0. The van der Waals surface area contributed by atoms with E-state index < -0.39 is 5.41 Å². The standard InChI is InChI=1S/C24H25N5O2S/c1-2-25-23(31)24(13-16-7-4-3-5-8-16)14-17-9-10-19(24)29(17)22(30)18-15-32-21(28-18)20-26-11-6-12-27-20/h3-8,11-12,15,17,19H,2,9-10,13-14H2,1H3,(H,25,31)/t17?,19?,24-/m0/s1. The van der Waals surface area contributed by atoms with Gasteiger partial charge in [-0.05, 0) is 44.2 Å². The van der Waals surface area contributed by atoms with Gasteiger partial charge >= 0.3 is 0 Å². The number of nitrogens with zero attached hydrogens (tertiary/aromatic N) is 4. The molecule has 164 valence electrons. The molecule has 1 aromatic carbocycles. The summed E-state index contributed by atoms with van der Waals surface area (Å²) in [5, 5.41) is 5.45. The fourth-order valence-corrected chi connectivity index (χ4v) is 6.06. The second kappa shape index (κ2) is 8.43. The van der Waals surface area contributed by atoms with Gasteiger partial charge in [-0.25, -0.2) is 15.0 Å². The predicted molar refractivity (Wildman–Crippen MR) is 122 cm³/mol. The number of carbonyl (C=O) groups excluding carboxylic acids is 2. The van der Waals surface area contributed by atoms with Gasteiger partial charge in [-0.15, -0.1) is 11.3 Å². The number of hydrogen-bond acceptors (Lipinski definition) is 6. The highest BCUT2D eigenvalue weighted by Gasteiger charge is 2.61. The Morgan fingerprint density at radius 1 is 1.16 bits per heavy atom. The van der Waals surface area contributed by atoms with E-state index in [1.807, 2.05) is 30.0 Å². The lowest BCUT2D eigenvalue weighted by molar-refractivity contribution is -0.132. The lowest BCUT2D eigenvalue weighted by Crippen LogP contribution is -2.51. The van der Waals surface area contributed by atoms with Crippen LogP contribution in [0.15, 0.2) is 54.2 Å². The molecule has 2 fully saturated rings. The van der Waals surface area contributed by atoms with Gasteiger partial charge < -0.3 is 10.2 Å². The lowest BCUT2D eigenvalue weighted by atomic mass is 9.69. The average Bonchev–Trinajstić information content (AvgIpc) is 3.54. The largest absolute Gasteiger partial charge is 0.356 e. The minimum Gasteiger partial charge on any atom is -0.356 e. The Morgan fingerprint density at radius 2 is 1.94 bits per heavy atom. The third-order valence-corrected chi connectivity index (χ3v) is 7.45. The molecule has 0 saturated carbocycles. The van der Waals surface area contributed by atoms with Crippen LogP contribution in [0, 0.1) is 5.41 Å². The van der Waals surface area contributed by atoms with Crippen LogP contribution < -0.4 is 5.32 Å². The van der Waals surface area contributed by atoms with Crippen molar-refractivity contribution in [1.82, 2.24) is 25.2 Å². The van der Waals surface area contributed by atoms with Crippen LogP contribution in [0.2, 0.25) is 0 Å². The summed E-state index contributed by atoms with van der Waals surface area (Å²) in [5.41, 5.74) is 0.911. The first-order valence-corrected chi connectivity index (χ1v) is 11.9. The number of nitrogens with one attached hydrogen (secondary N) is 1. The number of hydrogen-bond donors (Lipinski definition) is 1. The van der Waals surface area contributed by atoms with Gasteiger partial charge in [0, 0.05) is 36.4 Å². The van der Waals surface area contributed by atoms with Gasteiger partial charge in [0.25, 0.3) is 5.91 Å². The number of aromatic nitrogens is 3. The molecule has 4 heterocycles. The summed E-state index contributed by atoms with van der Waals surface area (Å²) >= 11 is 1.37. The highest BCUT2D eigenvalue weighted by molar-refractivity contribution is 7.13. The molecule has 2 bridgehead atoms. The molecular formula is C24H25N5O2S. The number of rotatable bonds is 6. The maximum Gasteiger partial charge on any atom is 0.273 e. The molecule has 3 aromatic rings. The Balaban J connectivity index is 1.45. The summed E-state index contributed by atoms with van der Waals surface area (Å²) in [5.74, 6) is 0.461. The molecular weight excluding hydrogens is 422 g/mol. The summed E-state index contributed by atoms with van der Waals surface area (Å²) in [7, 11) is 0. The highest BCUT2D eigenvalue weighted by atomic mass is 32.1. The SMILES string of the molecule is CCNC(=O)[C@@]1(Cc2ccccc2)CC2CCC1N2C(=O)c1csc(-c2ncccn2)n1. The van der Waals surface area contributed by atoms with Crippen LogP contribution in [0.4, 0.5) is 0 Å². The summed E-state index contributed by atoms with van der Waals surface area (Å²) in [6.45, 7) is 2.51. The third kappa shape index (κ3) is 3.48. The van der Waals surface area contributed by atoms with Crippen molar-refractivity contribution in [3.63, 3.8) is 0 Å². The minimum atomic E-state index is -0.614. The third-order valence-electron chi connectivity index (χ3n) is 6.61. The van der Waals surface area contributed by atoms with Crippen molar-refractivity contribution in [3.8, 4) is 10.8 Å². The number of thiazole rings is 1. The van der Waals surface area contributed by atoms with E-state index >= 15 is 0 Å². The maximum absolute atomic E-state index is 13.6. The van der Waals surface area contributed by atoms with E-state index in [1.165, 1.54) is 11.3 Å². The van der Waals surface area contributed by atoms with Crippen molar-refractivity contribution in [2.75, 3.05) is 6.54 Å². The molecule has 0 aliphatic carbocycles. The van der Waals surface area contributed by atoms with Crippen LogP contribution in [0.1, 0.15) is 42.2 Å². The molecule has 2 aliphatic heterocycles. The minimum absolute atomic E-state index is 0.0468. The zero-order valence-electron chi connectivity index (χ0n) is 17.9. The van der Waals surface area contributed by atoms with Crippen molar-refractivity contribution in [2.24, 2.45) is 5.41 Å². The zero-order chi connectivity index (χ0) is 22.1. The van der Waals surface area contributed by atoms with Crippen molar-refractivity contribution in [3.05, 3.63) is 65.4 Å². The summed E-state index contributed by atoms with van der Waals surface area (Å²) in [4.78, 5) is 41.9. The zero-order valence-corrected chi connectivity index (χ0v) is 18.7. The summed E-state index contributed by atoms with van der Waals surface area (Å²) in [6, 6.07) is 11.8. The fraction of sp³-hybridized carbons (Fsp3) is 0.375. The van der Waals surface area contributed by atoms with Gasteiger partial charge in [-0.1, -0.05) is 30.3 Å². The highest BCUT2D eigenvalue weighted by Crippen LogP contribution is 2.52. The molecule has 2 aromatic heterocycles. The number of benzene rings is 1. The second-order valence-corrected chi connectivity index (χ2v) is 9.31. The van der Waals surface area contributed by atoms with Crippen molar-refractivity contribution in [1.29, 1.82) is 0 Å². The number of carbonyl (C=O) groups is 2. The molecule has 2 unspecified atom stereocenters. The van der Waals surface area contributed by atoms with Gasteiger partial charge in [0.15, 0.2) is 10.8 Å². The van der Waals surface area contributed by atoms with E-state index in [-0.39, 0.29) is 23.9 Å². The molecule has 7 nitrogen and oxygen atoms in total. The fourth-order valence-electron chi connectivity index (χ4n) is 5.32. The van der Waals surface area contributed by atoms with E-state index in [4.69, 9.17) is 0 Å². The summed E-state index contributed by atoms with van der Waals surface area (Å²) < 4.78 is 0. The van der Waals surface area contributed by atoms with Gasteiger partial charge in [0.2, 0.25) is 5.91 Å². The average molecular weight is 448 g/mol. The monoisotopic (exact) mass is 447 g/mol. The molecule has 2 saturated heterocycles. The molecule has 2 aliphatic rings. The van der Waals surface area contributed by atoms with Crippen LogP contribution in [0.3, 0.4) is 0 Å². The Labute approximate surface area is 190 Å². The molecule has 0 spiro atoms. The van der Waals surface area contributed by atoms with E-state index in [0.29, 0.717) is 35.9 Å². The molecule has 5 rings (SSSR count). The van der Waals surface area contributed by atoms with Crippen molar-refractivity contribution < 1.29 is 9.59 Å². The van der Waals surface area contributed by atoms with Gasteiger partial charge in [0.1, 0.15) is 5.69 Å². The van der Waals surface area contributed by atoms with E-state index in [0.717, 1.165) is 18.4 Å². The predicted octanol–water partition coefficient (Wildman–Crippen LogP) is 3.34. The summed E-state index contributed by atoms with van der Waals surface area (Å²) in [6.07, 6.45) is 6.39. The Morgan fingerprint density at radius 3 is 2.69 bits per heavy atom. The first-order chi connectivity index (χ1) is 15.6. The van der Waals surface area contributed by atoms with Crippen molar-refractivity contribution >= 4 is 23.2 Å². The smallest absolute Gasteiger partial charge is 0.273 e. The van der Waals surface area contributed by atoms with Gasteiger partial charge in [-0.2, -0.15) is 0 Å².